The fourth-order valence-electron chi connectivity index (χ4n) is 6.88. The Kier molecular flexibility index (Phi) is 4.20. The minimum absolute atomic E-state index is 0.0766. The molecule has 1 spiro atoms. The molecule has 7 rings (SSSR count). The Bertz CT molecular complexity index is 1560. The predicted molar refractivity (Wildman–Crippen MR) is 143 cm³/mol. The molecule has 0 aromatic heterocycles. The van der Waals surface area contributed by atoms with Crippen LogP contribution in [0, 0.1) is 12.3 Å². The van der Waals surface area contributed by atoms with Crippen molar-refractivity contribution in [3.63, 3.8) is 0 Å². The number of nitrogens with zero attached hydrogens (tertiary/aromatic N) is 1. The zero-order valence-corrected chi connectivity index (χ0v) is 20.8. The number of hydrogen-bond donors (Lipinski definition) is 1. The van der Waals surface area contributed by atoms with Gasteiger partial charge in [0, 0.05) is 34.6 Å². The molecule has 1 amide bonds. The quantitative estimate of drug-likeness (QED) is 0.451. The van der Waals surface area contributed by atoms with Crippen molar-refractivity contribution in [1.29, 1.82) is 0 Å². The van der Waals surface area contributed by atoms with Crippen LogP contribution in [0.5, 0.6) is 0 Å². The third-order valence-corrected chi connectivity index (χ3v) is 8.31. The molecule has 1 N–H and O–H groups in total. The summed E-state index contributed by atoms with van der Waals surface area (Å²) in [5, 5.41) is 3.16. The summed E-state index contributed by atoms with van der Waals surface area (Å²) in [4.78, 5) is 30.7. The zero-order chi connectivity index (χ0) is 24.8. The summed E-state index contributed by atoms with van der Waals surface area (Å²) in [6.45, 7) is 6.40. The molecule has 4 heteroatoms. The van der Waals surface area contributed by atoms with E-state index in [-0.39, 0.29) is 17.1 Å². The van der Waals surface area contributed by atoms with E-state index in [0.717, 1.165) is 45.9 Å². The predicted octanol–water partition coefficient (Wildman–Crippen LogP) is 6.32. The Morgan fingerprint density at radius 3 is 2.39 bits per heavy atom. The average Bonchev–Trinajstić information content (AvgIpc) is 3.36. The van der Waals surface area contributed by atoms with Crippen molar-refractivity contribution in [3.8, 4) is 0 Å². The SMILES string of the molecule is Cc1ccc(N2C3=C(C(=O)CC(C)(C)C3)C3(C(=O)Nc4ccccc43)C3=C2c2ccccc2C3)cc1. The molecular weight excluding hydrogens is 444 g/mol. The molecule has 0 saturated heterocycles. The molecule has 1 atom stereocenters. The number of aryl methyl sites for hydroxylation is 1. The standard InChI is InChI=1S/C32H28N2O2/c1-19-12-14-21(15-13-19)34-26-17-31(2,3)18-27(35)28(26)32(23-10-6-7-11-25(23)33-30(32)36)24-16-20-8-4-5-9-22(20)29(24)34/h4-15H,16-18H2,1-3H3,(H,33,36). The summed E-state index contributed by atoms with van der Waals surface area (Å²) in [5.41, 5.74) is 8.66. The third kappa shape index (κ3) is 2.64. The van der Waals surface area contributed by atoms with Gasteiger partial charge in [0.05, 0.1) is 5.70 Å². The minimum atomic E-state index is -1.10. The first-order chi connectivity index (χ1) is 17.3. The van der Waals surface area contributed by atoms with E-state index < -0.39 is 5.41 Å². The smallest absolute Gasteiger partial charge is 0.244 e. The van der Waals surface area contributed by atoms with Gasteiger partial charge >= 0.3 is 0 Å². The molecule has 178 valence electrons. The summed E-state index contributed by atoms with van der Waals surface area (Å²) in [5.74, 6) is -0.0270. The van der Waals surface area contributed by atoms with Crippen LogP contribution in [0.2, 0.25) is 0 Å². The van der Waals surface area contributed by atoms with Gasteiger partial charge in [-0.25, -0.2) is 0 Å². The van der Waals surface area contributed by atoms with Gasteiger partial charge in [-0.3, -0.25) is 9.59 Å². The zero-order valence-electron chi connectivity index (χ0n) is 20.8. The highest BCUT2D eigenvalue weighted by Crippen LogP contribution is 2.61. The lowest BCUT2D eigenvalue weighted by molar-refractivity contribution is -0.123. The molecule has 3 aromatic rings. The number of benzene rings is 3. The van der Waals surface area contributed by atoms with Gasteiger partial charge < -0.3 is 10.2 Å². The highest BCUT2D eigenvalue weighted by atomic mass is 16.2. The first kappa shape index (κ1) is 21.4. The first-order valence-corrected chi connectivity index (χ1v) is 12.7. The Hall–Kier alpha value is -3.92. The van der Waals surface area contributed by atoms with Gasteiger partial charge in [0.25, 0.3) is 0 Å². The number of anilines is 2. The molecular formula is C32H28N2O2. The molecule has 3 aromatic carbocycles. The number of hydrogen-bond acceptors (Lipinski definition) is 3. The normalized spacial score (nSPS) is 23.5. The van der Waals surface area contributed by atoms with E-state index in [1.54, 1.807) is 0 Å². The topological polar surface area (TPSA) is 49.4 Å². The van der Waals surface area contributed by atoms with E-state index in [4.69, 9.17) is 0 Å². The maximum Gasteiger partial charge on any atom is 0.244 e. The number of para-hydroxylation sites is 1. The molecule has 2 aliphatic heterocycles. The number of amides is 1. The van der Waals surface area contributed by atoms with E-state index in [0.29, 0.717) is 18.4 Å². The Balaban J connectivity index is 1.62. The summed E-state index contributed by atoms with van der Waals surface area (Å²) in [6, 6.07) is 24.9. The van der Waals surface area contributed by atoms with E-state index in [9.17, 15) is 9.59 Å². The Morgan fingerprint density at radius 2 is 1.58 bits per heavy atom. The first-order valence-electron chi connectivity index (χ1n) is 12.7. The average molecular weight is 473 g/mol. The number of carbonyl (C=O) groups is 2. The van der Waals surface area contributed by atoms with Gasteiger partial charge in [-0.2, -0.15) is 0 Å². The van der Waals surface area contributed by atoms with Crippen LogP contribution in [0.3, 0.4) is 0 Å². The van der Waals surface area contributed by atoms with Crippen LogP contribution in [0.4, 0.5) is 11.4 Å². The van der Waals surface area contributed by atoms with E-state index >= 15 is 0 Å². The molecule has 0 saturated carbocycles. The summed E-state index contributed by atoms with van der Waals surface area (Å²) >= 11 is 0. The highest BCUT2D eigenvalue weighted by Gasteiger charge is 2.61. The molecule has 2 aliphatic carbocycles. The van der Waals surface area contributed by atoms with Crippen molar-refractivity contribution in [2.24, 2.45) is 5.41 Å². The van der Waals surface area contributed by atoms with Crippen molar-refractivity contribution in [2.45, 2.75) is 45.4 Å². The molecule has 0 radical (unpaired) electrons. The van der Waals surface area contributed by atoms with E-state index in [1.165, 1.54) is 11.1 Å². The Labute approximate surface area is 211 Å². The lowest BCUT2D eigenvalue weighted by Crippen LogP contribution is -2.50. The molecule has 0 fully saturated rings. The van der Waals surface area contributed by atoms with Gasteiger partial charge in [-0.1, -0.05) is 74.0 Å². The van der Waals surface area contributed by atoms with Gasteiger partial charge in [0.2, 0.25) is 5.91 Å². The summed E-state index contributed by atoms with van der Waals surface area (Å²) in [6.07, 6.45) is 1.79. The van der Waals surface area contributed by atoms with Crippen LogP contribution >= 0.6 is 0 Å². The largest absolute Gasteiger partial charge is 0.324 e. The number of fused-ring (bicyclic) bond motifs is 6. The monoisotopic (exact) mass is 472 g/mol. The van der Waals surface area contributed by atoms with Crippen molar-refractivity contribution < 1.29 is 9.59 Å². The summed E-state index contributed by atoms with van der Waals surface area (Å²) in [7, 11) is 0. The second-order valence-corrected chi connectivity index (χ2v) is 11.3. The van der Waals surface area contributed by atoms with Crippen molar-refractivity contribution >= 4 is 28.8 Å². The Morgan fingerprint density at radius 1 is 0.861 bits per heavy atom. The number of rotatable bonds is 1. The number of Topliss-reactive ketones (excluding diaryl/α,β-unsaturated/α-hetero) is 1. The molecule has 36 heavy (non-hydrogen) atoms. The van der Waals surface area contributed by atoms with Crippen LogP contribution in [-0.2, 0) is 21.4 Å². The van der Waals surface area contributed by atoms with E-state index in [1.807, 2.05) is 24.3 Å². The molecule has 1 unspecified atom stereocenters. The number of carbonyl (C=O) groups excluding carboxylic acids is 2. The van der Waals surface area contributed by atoms with Gasteiger partial charge in [0.15, 0.2) is 5.78 Å². The van der Waals surface area contributed by atoms with Gasteiger partial charge in [-0.05, 0) is 60.1 Å². The van der Waals surface area contributed by atoms with Crippen LogP contribution in [0.1, 0.15) is 48.9 Å². The number of ketones is 1. The fraction of sp³-hybridized carbons (Fsp3) is 0.250. The molecule has 4 aliphatic rings. The second-order valence-electron chi connectivity index (χ2n) is 11.3. The van der Waals surface area contributed by atoms with Crippen LogP contribution in [0.15, 0.2) is 89.6 Å². The van der Waals surface area contributed by atoms with Gasteiger partial charge in [0.1, 0.15) is 5.41 Å². The lowest BCUT2D eigenvalue weighted by Gasteiger charge is -2.48. The number of nitrogens with one attached hydrogen (secondary N) is 1. The number of allylic oxidation sites excluding steroid dienone is 1. The fourth-order valence-corrected chi connectivity index (χ4v) is 6.88. The summed E-state index contributed by atoms with van der Waals surface area (Å²) < 4.78 is 0. The maximum atomic E-state index is 14.2. The van der Waals surface area contributed by atoms with Gasteiger partial charge in [-0.15, -0.1) is 0 Å². The van der Waals surface area contributed by atoms with Crippen molar-refractivity contribution in [2.75, 3.05) is 10.2 Å². The molecule has 4 nitrogen and oxygen atoms in total. The lowest BCUT2D eigenvalue weighted by atomic mass is 9.60. The second kappa shape index (κ2) is 7.07. The van der Waals surface area contributed by atoms with Crippen LogP contribution in [0.25, 0.3) is 5.70 Å². The van der Waals surface area contributed by atoms with Crippen LogP contribution in [-0.4, -0.2) is 11.7 Å². The highest BCUT2D eigenvalue weighted by molar-refractivity contribution is 6.21. The maximum absolute atomic E-state index is 14.2. The molecule has 0 bridgehead atoms. The van der Waals surface area contributed by atoms with Crippen molar-refractivity contribution in [3.05, 3.63) is 112 Å². The third-order valence-electron chi connectivity index (χ3n) is 8.31. The van der Waals surface area contributed by atoms with Crippen molar-refractivity contribution in [1.82, 2.24) is 0 Å². The minimum Gasteiger partial charge on any atom is -0.324 e. The molecule has 2 heterocycles. The van der Waals surface area contributed by atoms with E-state index in [2.05, 4.69) is 79.5 Å². The van der Waals surface area contributed by atoms with Crippen LogP contribution < -0.4 is 10.2 Å².